The van der Waals surface area contributed by atoms with Crippen molar-refractivity contribution in [1.82, 2.24) is 14.6 Å². The van der Waals surface area contributed by atoms with Crippen LogP contribution in [0.3, 0.4) is 0 Å². The lowest BCUT2D eigenvalue weighted by molar-refractivity contribution is -0.123. The van der Waals surface area contributed by atoms with Crippen LogP contribution < -0.4 is 5.32 Å². The van der Waals surface area contributed by atoms with Gasteiger partial charge < -0.3 is 5.32 Å². The van der Waals surface area contributed by atoms with Crippen LogP contribution in [-0.2, 0) is 4.79 Å². The average molecular weight is 232 g/mol. The highest BCUT2D eigenvalue weighted by Crippen LogP contribution is 2.17. The van der Waals surface area contributed by atoms with E-state index in [1.54, 1.807) is 10.7 Å². The molecule has 0 saturated heterocycles. The lowest BCUT2D eigenvalue weighted by Gasteiger charge is -2.17. The number of nitrogens with one attached hydrogen (secondary N) is 1. The topological polar surface area (TPSA) is 59.3 Å². The summed E-state index contributed by atoms with van der Waals surface area (Å²) in [5, 5.41) is 7.05. The smallest absolute Gasteiger partial charge is 0.229 e. The molecule has 0 radical (unpaired) electrons. The first-order valence-corrected chi connectivity index (χ1v) is 5.51. The predicted molar refractivity (Wildman–Crippen MR) is 65.8 cm³/mol. The van der Waals surface area contributed by atoms with Gasteiger partial charge in [-0.3, -0.25) is 4.79 Å². The number of anilines is 1. The van der Waals surface area contributed by atoms with Crippen LogP contribution in [0.4, 0.5) is 5.69 Å². The van der Waals surface area contributed by atoms with Crippen LogP contribution in [0.25, 0.3) is 5.65 Å². The Balaban J connectivity index is 2.28. The van der Waals surface area contributed by atoms with E-state index in [9.17, 15) is 4.79 Å². The predicted octanol–water partition coefficient (Wildman–Crippen LogP) is 2.02. The molecule has 0 fully saturated rings. The zero-order valence-corrected chi connectivity index (χ0v) is 10.5. The van der Waals surface area contributed by atoms with Crippen molar-refractivity contribution in [1.29, 1.82) is 0 Å². The number of nitrogens with zero attached hydrogens (tertiary/aromatic N) is 3. The molecule has 1 amide bonds. The summed E-state index contributed by atoms with van der Waals surface area (Å²) in [7, 11) is 0. The number of amides is 1. The van der Waals surface area contributed by atoms with Crippen molar-refractivity contribution < 1.29 is 4.79 Å². The van der Waals surface area contributed by atoms with Gasteiger partial charge in [-0.2, -0.15) is 5.10 Å². The first-order valence-electron chi connectivity index (χ1n) is 5.51. The second kappa shape index (κ2) is 3.84. The highest BCUT2D eigenvalue weighted by Gasteiger charge is 2.21. The zero-order valence-electron chi connectivity index (χ0n) is 10.5. The van der Waals surface area contributed by atoms with Gasteiger partial charge in [0.1, 0.15) is 5.82 Å². The molecule has 0 aromatic carbocycles. The first kappa shape index (κ1) is 11.6. The SMILES string of the molecule is Cc1nc2ccc(NC(=O)C(C)(C)C)cn2n1. The van der Waals surface area contributed by atoms with E-state index < -0.39 is 5.41 Å². The number of carbonyl (C=O) groups excluding carboxylic acids is 1. The molecule has 0 bridgehead atoms. The maximum atomic E-state index is 11.8. The molecule has 17 heavy (non-hydrogen) atoms. The van der Waals surface area contributed by atoms with Crippen LogP contribution in [0.1, 0.15) is 26.6 Å². The molecule has 0 spiro atoms. The Hall–Kier alpha value is -1.91. The summed E-state index contributed by atoms with van der Waals surface area (Å²) >= 11 is 0. The van der Waals surface area contributed by atoms with Crippen molar-refractivity contribution in [2.75, 3.05) is 5.32 Å². The molecule has 0 saturated carbocycles. The Kier molecular flexibility index (Phi) is 2.61. The summed E-state index contributed by atoms with van der Waals surface area (Å²) in [6, 6.07) is 3.66. The van der Waals surface area contributed by atoms with E-state index in [0.717, 1.165) is 11.3 Å². The Morgan fingerprint density at radius 1 is 1.35 bits per heavy atom. The van der Waals surface area contributed by atoms with E-state index in [2.05, 4.69) is 15.4 Å². The van der Waals surface area contributed by atoms with Crippen molar-refractivity contribution in [3.63, 3.8) is 0 Å². The van der Waals surface area contributed by atoms with Crippen LogP contribution in [0.5, 0.6) is 0 Å². The van der Waals surface area contributed by atoms with Gasteiger partial charge in [-0.25, -0.2) is 9.50 Å². The number of rotatable bonds is 1. The van der Waals surface area contributed by atoms with Crippen LogP contribution in [0, 0.1) is 12.3 Å². The Labute approximate surface area is 99.9 Å². The fourth-order valence-corrected chi connectivity index (χ4v) is 1.39. The summed E-state index contributed by atoms with van der Waals surface area (Å²) < 4.78 is 1.66. The highest BCUT2D eigenvalue weighted by atomic mass is 16.2. The van der Waals surface area contributed by atoms with E-state index in [-0.39, 0.29) is 5.91 Å². The fourth-order valence-electron chi connectivity index (χ4n) is 1.39. The molecule has 0 atom stereocenters. The molecule has 2 heterocycles. The Bertz CT molecular complexity index is 565. The second-order valence-electron chi connectivity index (χ2n) is 5.08. The number of carbonyl (C=O) groups is 1. The average Bonchev–Trinajstić information content (AvgIpc) is 2.55. The minimum absolute atomic E-state index is 0.0197. The summed E-state index contributed by atoms with van der Waals surface area (Å²) in [5.41, 5.74) is 1.09. The minimum atomic E-state index is -0.409. The van der Waals surface area contributed by atoms with E-state index in [4.69, 9.17) is 0 Å². The molecule has 90 valence electrons. The van der Waals surface area contributed by atoms with E-state index in [1.165, 1.54) is 0 Å². The summed E-state index contributed by atoms with van der Waals surface area (Å²) in [5.74, 6) is 0.693. The third-order valence-electron chi connectivity index (χ3n) is 2.38. The molecule has 0 aliphatic heterocycles. The van der Waals surface area contributed by atoms with Gasteiger partial charge in [0.15, 0.2) is 5.65 Å². The molecule has 2 rings (SSSR count). The maximum absolute atomic E-state index is 11.8. The molecular formula is C12H16N4O. The van der Waals surface area contributed by atoms with Gasteiger partial charge in [0, 0.05) is 5.41 Å². The summed E-state index contributed by atoms with van der Waals surface area (Å²) in [6.45, 7) is 7.46. The summed E-state index contributed by atoms with van der Waals surface area (Å²) in [4.78, 5) is 16.0. The molecule has 1 N–H and O–H groups in total. The highest BCUT2D eigenvalue weighted by molar-refractivity contribution is 5.94. The normalized spacial score (nSPS) is 11.8. The lowest BCUT2D eigenvalue weighted by Crippen LogP contribution is -2.27. The molecule has 0 aliphatic rings. The standard InChI is InChI=1S/C12H16N4O/c1-8-13-10-6-5-9(7-16(10)15-8)14-11(17)12(2,3)4/h5-7H,1-4H3,(H,14,17). The minimum Gasteiger partial charge on any atom is -0.324 e. The third-order valence-corrected chi connectivity index (χ3v) is 2.38. The fraction of sp³-hybridized carbons (Fsp3) is 0.417. The van der Waals surface area contributed by atoms with Crippen molar-refractivity contribution in [3.05, 3.63) is 24.2 Å². The van der Waals surface area contributed by atoms with Gasteiger partial charge in [0.2, 0.25) is 5.91 Å². The number of hydrogen-bond acceptors (Lipinski definition) is 3. The largest absolute Gasteiger partial charge is 0.324 e. The van der Waals surface area contributed by atoms with Crippen LogP contribution in [-0.4, -0.2) is 20.5 Å². The van der Waals surface area contributed by atoms with E-state index in [0.29, 0.717) is 5.82 Å². The number of pyridine rings is 1. The molecular weight excluding hydrogens is 216 g/mol. The molecule has 2 aromatic heterocycles. The molecule has 2 aromatic rings. The van der Waals surface area contributed by atoms with Crippen molar-refractivity contribution in [2.24, 2.45) is 5.41 Å². The first-order chi connectivity index (χ1) is 7.86. The number of aryl methyl sites for hydroxylation is 1. The molecule has 0 unspecified atom stereocenters. The second-order valence-corrected chi connectivity index (χ2v) is 5.08. The lowest BCUT2D eigenvalue weighted by atomic mass is 9.96. The molecule has 0 aliphatic carbocycles. The van der Waals surface area contributed by atoms with Crippen LogP contribution in [0.15, 0.2) is 18.3 Å². The third kappa shape index (κ3) is 2.43. The van der Waals surface area contributed by atoms with Crippen LogP contribution in [0.2, 0.25) is 0 Å². The quantitative estimate of drug-likeness (QED) is 0.818. The Morgan fingerprint density at radius 3 is 2.71 bits per heavy atom. The van der Waals surface area contributed by atoms with Gasteiger partial charge in [-0.05, 0) is 19.1 Å². The molecule has 5 heteroatoms. The van der Waals surface area contributed by atoms with Crippen molar-refractivity contribution >= 4 is 17.2 Å². The monoisotopic (exact) mass is 232 g/mol. The van der Waals surface area contributed by atoms with Gasteiger partial charge in [-0.1, -0.05) is 20.8 Å². The van der Waals surface area contributed by atoms with Crippen molar-refractivity contribution in [3.8, 4) is 0 Å². The maximum Gasteiger partial charge on any atom is 0.229 e. The Morgan fingerprint density at radius 2 is 2.06 bits per heavy atom. The van der Waals surface area contributed by atoms with Gasteiger partial charge in [-0.15, -0.1) is 0 Å². The number of hydrogen-bond donors (Lipinski definition) is 1. The van der Waals surface area contributed by atoms with E-state index >= 15 is 0 Å². The van der Waals surface area contributed by atoms with Gasteiger partial charge in [0.05, 0.1) is 11.9 Å². The van der Waals surface area contributed by atoms with Gasteiger partial charge in [0.25, 0.3) is 0 Å². The summed E-state index contributed by atoms with van der Waals surface area (Å²) in [6.07, 6.45) is 1.76. The molecule has 5 nitrogen and oxygen atoms in total. The van der Waals surface area contributed by atoms with Gasteiger partial charge >= 0.3 is 0 Å². The van der Waals surface area contributed by atoms with Crippen molar-refractivity contribution in [2.45, 2.75) is 27.7 Å². The number of aromatic nitrogens is 3. The van der Waals surface area contributed by atoms with E-state index in [1.807, 2.05) is 39.8 Å². The number of fused-ring (bicyclic) bond motifs is 1. The van der Waals surface area contributed by atoms with Crippen LogP contribution >= 0.6 is 0 Å². The zero-order chi connectivity index (χ0) is 12.6.